The number of amides is 1. The van der Waals surface area contributed by atoms with Gasteiger partial charge in [-0.2, -0.15) is 5.26 Å². The Morgan fingerprint density at radius 2 is 2.28 bits per heavy atom. The van der Waals surface area contributed by atoms with Crippen LogP contribution in [0.4, 0.5) is 0 Å². The van der Waals surface area contributed by atoms with Gasteiger partial charge in [-0.05, 0) is 18.6 Å². The third-order valence-electron chi connectivity index (χ3n) is 2.31. The number of carbonyl (C=O) groups excluding carboxylic acids is 1. The molecule has 0 spiro atoms. The number of carbonyl (C=O) groups is 2. The lowest BCUT2D eigenvalue weighted by atomic mass is 10.1. The van der Waals surface area contributed by atoms with Gasteiger partial charge in [0.1, 0.15) is 17.8 Å². The molecule has 0 radical (unpaired) electrons. The van der Waals surface area contributed by atoms with Gasteiger partial charge >= 0.3 is 5.97 Å². The molecule has 1 aromatic heterocycles. The first-order valence-electron chi connectivity index (χ1n) is 5.48. The van der Waals surface area contributed by atoms with Crippen molar-refractivity contribution in [3.8, 4) is 6.07 Å². The lowest BCUT2D eigenvalue weighted by Gasteiger charge is -2.12. The largest absolute Gasteiger partial charge is 0.480 e. The van der Waals surface area contributed by atoms with Crippen molar-refractivity contribution in [2.24, 2.45) is 0 Å². The van der Waals surface area contributed by atoms with Gasteiger partial charge in [0.05, 0.1) is 5.56 Å². The van der Waals surface area contributed by atoms with Gasteiger partial charge in [0.15, 0.2) is 0 Å². The van der Waals surface area contributed by atoms with E-state index < -0.39 is 17.9 Å². The van der Waals surface area contributed by atoms with Crippen LogP contribution in [0.25, 0.3) is 0 Å². The summed E-state index contributed by atoms with van der Waals surface area (Å²) in [6, 6.07) is 3.81. The monoisotopic (exact) mass is 247 g/mol. The van der Waals surface area contributed by atoms with Crippen LogP contribution in [0.2, 0.25) is 0 Å². The predicted molar refractivity (Wildman–Crippen MR) is 62.8 cm³/mol. The van der Waals surface area contributed by atoms with Crippen LogP contribution in [0.15, 0.2) is 18.3 Å². The highest BCUT2D eigenvalue weighted by Gasteiger charge is 2.20. The molecule has 0 aliphatic heterocycles. The number of rotatable bonds is 5. The quantitative estimate of drug-likeness (QED) is 0.805. The van der Waals surface area contributed by atoms with E-state index in [2.05, 4.69) is 10.3 Å². The molecule has 1 atom stereocenters. The zero-order valence-corrected chi connectivity index (χ0v) is 9.88. The molecular weight excluding hydrogens is 234 g/mol. The van der Waals surface area contributed by atoms with Crippen molar-refractivity contribution in [1.82, 2.24) is 10.3 Å². The van der Waals surface area contributed by atoms with E-state index in [4.69, 9.17) is 10.4 Å². The molecule has 0 fully saturated rings. The third-order valence-corrected chi connectivity index (χ3v) is 2.31. The van der Waals surface area contributed by atoms with Crippen molar-refractivity contribution < 1.29 is 14.7 Å². The standard InChI is InChI=1S/C12H13N3O3/c1-2-3-10(12(17)18)15-11(16)9-5-4-8(6-13)7-14-9/h4-5,7,10H,2-3H2,1H3,(H,15,16)(H,17,18). The molecule has 1 rings (SSSR count). The van der Waals surface area contributed by atoms with E-state index in [1.165, 1.54) is 18.3 Å². The third kappa shape index (κ3) is 3.56. The molecule has 0 aliphatic carbocycles. The first-order chi connectivity index (χ1) is 8.58. The van der Waals surface area contributed by atoms with Crippen molar-refractivity contribution in [3.05, 3.63) is 29.6 Å². The van der Waals surface area contributed by atoms with Crippen LogP contribution in [-0.2, 0) is 4.79 Å². The van der Waals surface area contributed by atoms with E-state index >= 15 is 0 Å². The number of carboxylic acids is 1. The van der Waals surface area contributed by atoms with Gasteiger partial charge < -0.3 is 10.4 Å². The van der Waals surface area contributed by atoms with Gasteiger partial charge in [-0.25, -0.2) is 9.78 Å². The minimum Gasteiger partial charge on any atom is -0.480 e. The van der Waals surface area contributed by atoms with Crippen molar-refractivity contribution in [2.75, 3.05) is 0 Å². The zero-order chi connectivity index (χ0) is 13.5. The topological polar surface area (TPSA) is 103 Å². The van der Waals surface area contributed by atoms with Crippen LogP contribution >= 0.6 is 0 Å². The second-order valence-corrected chi connectivity index (χ2v) is 3.70. The summed E-state index contributed by atoms with van der Waals surface area (Å²) in [4.78, 5) is 26.4. The first-order valence-corrected chi connectivity index (χ1v) is 5.48. The molecule has 18 heavy (non-hydrogen) atoms. The Balaban J connectivity index is 2.74. The maximum Gasteiger partial charge on any atom is 0.326 e. The molecule has 1 unspecified atom stereocenters. The van der Waals surface area contributed by atoms with Gasteiger partial charge in [0.2, 0.25) is 0 Å². The summed E-state index contributed by atoms with van der Waals surface area (Å²) in [5.74, 6) is -1.63. The second kappa shape index (κ2) is 6.35. The highest BCUT2D eigenvalue weighted by atomic mass is 16.4. The smallest absolute Gasteiger partial charge is 0.326 e. The van der Waals surface area contributed by atoms with Gasteiger partial charge in [0, 0.05) is 6.20 Å². The van der Waals surface area contributed by atoms with Crippen molar-refractivity contribution in [3.63, 3.8) is 0 Å². The minimum atomic E-state index is -1.07. The molecule has 0 aliphatic rings. The van der Waals surface area contributed by atoms with Gasteiger partial charge in [-0.15, -0.1) is 0 Å². The van der Waals surface area contributed by atoms with Gasteiger partial charge in [-0.3, -0.25) is 4.79 Å². The zero-order valence-electron chi connectivity index (χ0n) is 9.88. The average Bonchev–Trinajstić information content (AvgIpc) is 2.38. The Labute approximate surface area is 104 Å². The summed E-state index contributed by atoms with van der Waals surface area (Å²) >= 11 is 0. The van der Waals surface area contributed by atoms with E-state index in [0.717, 1.165) is 0 Å². The number of aromatic nitrogens is 1. The Morgan fingerprint density at radius 1 is 1.56 bits per heavy atom. The predicted octanol–water partition coefficient (Wildman–Crippen LogP) is 0.936. The molecule has 0 saturated carbocycles. The molecular formula is C12H13N3O3. The van der Waals surface area contributed by atoms with E-state index in [1.807, 2.05) is 13.0 Å². The number of hydrogen-bond donors (Lipinski definition) is 2. The van der Waals surface area contributed by atoms with Crippen LogP contribution in [0.5, 0.6) is 0 Å². The fourth-order valence-corrected chi connectivity index (χ4v) is 1.37. The highest BCUT2D eigenvalue weighted by molar-refractivity contribution is 5.94. The maximum atomic E-state index is 11.7. The Kier molecular flexibility index (Phi) is 4.81. The van der Waals surface area contributed by atoms with Gasteiger partial charge in [0.25, 0.3) is 5.91 Å². The number of aliphatic carboxylic acids is 1. The molecule has 2 N–H and O–H groups in total. The number of nitrogens with one attached hydrogen (secondary N) is 1. The fraction of sp³-hybridized carbons (Fsp3) is 0.333. The van der Waals surface area contributed by atoms with E-state index in [1.54, 1.807) is 0 Å². The Hall–Kier alpha value is -2.42. The molecule has 1 aromatic rings. The SMILES string of the molecule is CCCC(NC(=O)c1ccc(C#N)cn1)C(=O)O. The average molecular weight is 247 g/mol. The summed E-state index contributed by atoms with van der Waals surface area (Å²) < 4.78 is 0. The Bertz CT molecular complexity index is 476. The van der Waals surface area contributed by atoms with E-state index in [-0.39, 0.29) is 5.69 Å². The molecule has 6 nitrogen and oxygen atoms in total. The van der Waals surface area contributed by atoms with Gasteiger partial charge in [-0.1, -0.05) is 13.3 Å². The minimum absolute atomic E-state index is 0.0938. The molecule has 0 bridgehead atoms. The molecule has 1 heterocycles. The molecule has 6 heteroatoms. The Morgan fingerprint density at radius 3 is 2.72 bits per heavy atom. The van der Waals surface area contributed by atoms with Crippen LogP contribution in [0.3, 0.4) is 0 Å². The lowest BCUT2D eigenvalue weighted by Crippen LogP contribution is -2.40. The van der Waals surface area contributed by atoms with Crippen molar-refractivity contribution in [1.29, 1.82) is 5.26 Å². The summed E-state index contributed by atoms with van der Waals surface area (Å²) in [5.41, 5.74) is 0.436. The highest BCUT2D eigenvalue weighted by Crippen LogP contribution is 2.02. The summed E-state index contributed by atoms with van der Waals surface area (Å²) in [6.45, 7) is 1.84. The molecule has 94 valence electrons. The lowest BCUT2D eigenvalue weighted by molar-refractivity contribution is -0.139. The maximum absolute atomic E-state index is 11.7. The number of nitrogens with zero attached hydrogens (tertiary/aromatic N) is 2. The van der Waals surface area contributed by atoms with E-state index in [0.29, 0.717) is 18.4 Å². The second-order valence-electron chi connectivity index (χ2n) is 3.70. The van der Waals surface area contributed by atoms with Crippen LogP contribution in [-0.4, -0.2) is 28.0 Å². The summed E-state index contributed by atoms with van der Waals surface area (Å²) in [5, 5.41) is 19.9. The van der Waals surface area contributed by atoms with Crippen LogP contribution < -0.4 is 5.32 Å². The first kappa shape index (κ1) is 13.6. The fourth-order valence-electron chi connectivity index (χ4n) is 1.37. The normalized spacial score (nSPS) is 11.3. The van der Waals surface area contributed by atoms with E-state index in [9.17, 15) is 9.59 Å². The number of nitriles is 1. The van der Waals surface area contributed by atoms with Crippen LogP contribution in [0, 0.1) is 11.3 Å². The molecule has 0 aromatic carbocycles. The van der Waals surface area contributed by atoms with Crippen molar-refractivity contribution >= 4 is 11.9 Å². The number of pyridine rings is 1. The number of hydrogen-bond acceptors (Lipinski definition) is 4. The van der Waals surface area contributed by atoms with Crippen molar-refractivity contribution in [2.45, 2.75) is 25.8 Å². The summed E-state index contributed by atoms with van der Waals surface area (Å²) in [6.07, 6.45) is 2.28. The molecule has 0 saturated heterocycles. The number of carboxylic acid groups (broad SMARTS) is 1. The summed E-state index contributed by atoms with van der Waals surface area (Å²) in [7, 11) is 0. The van der Waals surface area contributed by atoms with Crippen LogP contribution in [0.1, 0.15) is 35.8 Å². The molecule has 1 amide bonds.